The highest BCUT2D eigenvalue weighted by molar-refractivity contribution is 6.52. The van der Waals surface area contributed by atoms with Gasteiger partial charge in [-0.1, -0.05) is 5.16 Å². The Balaban J connectivity index is 2.06. The van der Waals surface area contributed by atoms with Crippen LogP contribution in [0.4, 0.5) is 10.1 Å². The molecule has 0 radical (unpaired) electrons. The molecule has 1 aliphatic heterocycles. The lowest BCUT2D eigenvalue weighted by Crippen LogP contribution is -2.29. The Hall–Kier alpha value is -2.57. The molecule has 2 heterocycles. The minimum Gasteiger partial charge on any atom is -0.337 e. The number of rotatable bonds is 2. The first-order valence-electron chi connectivity index (χ1n) is 5.93. The molecule has 0 saturated heterocycles. The maximum Gasteiger partial charge on any atom is 0.300 e. The minimum absolute atomic E-state index is 0.0264. The molecule has 1 aromatic carbocycles. The van der Waals surface area contributed by atoms with E-state index in [4.69, 9.17) is 4.52 Å². The molecule has 0 saturated carbocycles. The molecule has 2 aromatic rings. The lowest BCUT2D eigenvalue weighted by atomic mass is 10.1. The van der Waals surface area contributed by atoms with E-state index in [1.807, 2.05) is 0 Å². The lowest BCUT2D eigenvalue weighted by Gasteiger charge is -2.14. The van der Waals surface area contributed by atoms with Crippen molar-refractivity contribution >= 4 is 17.4 Å². The van der Waals surface area contributed by atoms with Crippen LogP contribution in [0.3, 0.4) is 0 Å². The summed E-state index contributed by atoms with van der Waals surface area (Å²) in [5.41, 5.74) is 0.628. The summed E-state index contributed by atoms with van der Waals surface area (Å²) >= 11 is 0. The molecule has 6 nitrogen and oxygen atoms in total. The average Bonchev–Trinajstić information content (AvgIpc) is 2.88. The fourth-order valence-electron chi connectivity index (χ4n) is 2.21. The van der Waals surface area contributed by atoms with Crippen molar-refractivity contribution in [1.29, 1.82) is 0 Å². The number of amides is 1. The average molecular weight is 275 g/mol. The van der Waals surface area contributed by atoms with Crippen molar-refractivity contribution in [3.63, 3.8) is 0 Å². The van der Waals surface area contributed by atoms with Crippen LogP contribution in [0.25, 0.3) is 0 Å². The maximum absolute atomic E-state index is 14.0. The number of hydrogen-bond acceptors (Lipinski definition) is 5. The highest BCUT2D eigenvalue weighted by atomic mass is 19.1. The number of aromatic nitrogens is 2. The number of nitrogens with zero attached hydrogens (tertiary/aromatic N) is 3. The Morgan fingerprint density at radius 3 is 2.70 bits per heavy atom. The van der Waals surface area contributed by atoms with E-state index in [0.717, 1.165) is 4.90 Å². The number of ketones is 1. The molecule has 0 atom stereocenters. The van der Waals surface area contributed by atoms with Gasteiger partial charge in [0.15, 0.2) is 5.82 Å². The standard InChI is InChI=1S/C13H10FN3O3/c1-6-3-8-11(9(14)4-6)17(13(19)12(8)18)5-10-15-7(2)16-20-10/h3-4H,5H2,1-2H3. The van der Waals surface area contributed by atoms with Gasteiger partial charge in [0, 0.05) is 0 Å². The largest absolute Gasteiger partial charge is 0.337 e. The van der Waals surface area contributed by atoms with Crippen LogP contribution < -0.4 is 4.90 Å². The number of carbonyl (C=O) groups is 2. The van der Waals surface area contributed by atoms with E-state index in [-0.39, 0.29) is 23.7 Å². The van der Waals surface area contributed by atoms with Gasteiger partial charge in [-0.3, -0.25) is 14.5 Å². The number of anilines is 1. The van der Waals surface area contributed by atoms with Crippen molar-refractivity contribution in [3.8, 4) is 0 Å². The van der Waals surface area contributed by atoms with Crippen LogP contribution in [0.1, 0.15) is 27.6 Å². The molecule has 7 heteroatoms. The van der Waals surface area contributed by atoms with E-state index in [9.17, 15) is 14.0 Å². The molecule has 20 heavy (non-hydrogen) atoms. The van der Waals surface area contributed by atoms with Crippen LogP contribution >= 0.6 is 0 Å². The zero-order valence-electron chi connectivity index (χ0n) is 10.8. The van der Waals surface area contributed by atoms with Gasteiger partial charge in [-0.15, -0.1) is 0 Å². The van der Waals surface area contributed by atoms with E-state index in [2.05, 4.69) is 10.1 Å². The number of halogens is 1. The van der Waals surface area contributed by atoms with Crippen LogP contribution in [-0.2, 0) is 11.3 Å². The maximum atomic E-state index is 14.0. The third-order valence-electron chi connectivity index (χ3n) is 3.02. The van der Waals surface area contributed by atoms with Crippen LogP contribution in [0.5, 0.6) is 0 Å². The quantitative estimate of drug-likeness (QED) is 0.777. The third-order valence-corrected chi connectivity index (χ3v) is 3.02. The summed E-state index contributed by atoms with van der Waals surface area (Å²) < 4.78 is 18.9. The summed E-state index contributed by atoms with van der Waals surface area (Å²) in [6.07, 6.45) is 0. The zero-order chi connectivity index (χ0) is 14.4. The summed E-state index contributed by atoms with van der Waals surface area (Å²) in [6.45, 7) is 3.16. The number of aryl methyl sites for hydroxylation is 2. The number of hydrogen-bond donors (Lipinski definition) is 0. The Morgan fingerprint density at radius 1 is 1.30 bits per heavy atom. The van der Waals surface area contributed by atoms with E-state index >= 15 is 0 Å². The Bertz CT molecular complexity index is 738. The monoisotopic (exact) mass is 275 g/mol. The van der Waals surface area contributed by atoms with Crippen molar-refractivity contribution in [2.24, 2.45) is 0 Å². The molecular formula is C13H10FN3O3. The number of Topliss-reactive ketones (excluding diaryl/α,β-unsaturated/α-hetero) is 1. The highest BCUT2D eigenvalue weighted by Gasteiger charge is 2.39. The summed E-state index contributed by atoms with van der Waals surface area (Å²) in [6, 6.07) is 2.77. The molecule has 1 aliphatic rings. The second kappa shape index (κ2) is 4.22. The van der Waals surface area contributed by atoms with Gasteiger partial charge in [0.1, 0.15) is 12.4 Å². The van der Waals surface area contributed by atoms with Gasteiger partial charge in [-0.05, 0) is 31.5 Å². The number of benzene rings is 1. The van der Waals surface area contributed by atoms with Gasteiger partial charge in [-0.2, -0.15) is 4.98 Å². The van der Waals surface area contributed by atoms with Crippen LogP contribution in [0.15, 0.2) is 16.7 Å². The fourth-order valence-corrected chi connectivity index (χ4v) is 2.21. The number of fused-ring (bicyclic) bond motifs is 1. The molecule has 0 spiro atoms. The van der Waals surface area contributed by atoms with Crippen molar-refractivity contribution in [3.05, 3.63) is 40.8 Å². The Labute approximate surface area is 113 Å². The molecule has 1 amide bonds. The molecule has 0 bridgehead atoms. The minimum atomic E-state index is -0.791. The van der Waals surface area contributed by atoms with Crippen LogP contribution in [0, 0.1) is 19.7 Å². The van der Waals surface area contributed by atoms with E-state index in [1.165, 1.54) is 12.1 Å². The normalized spacial score (nSPS) is 14.1. The van der Waals surface area contributed by atoms with E-state index in [1.54, 1.807) is 13.8 Å². The zero-order valence-corrected chi connectivity index (χ0v) is 10.8. The second-order valence-corrected chi connectivity index (χ2v) is 4.60. The van der Waals surface area contributed by atoms with Gasteiger partial charge < -0.3 is 4.52 Å². The Kier molecular flexibility index (Phi) is 2.63. The molecule has 0 fully saturated rings. The summed E-state index contributed by atoms with van der Waals surface area (Å²) in [7, 11) is 0. The highest BCUT2D eigenvalue weighted by Crippen LogP contribution is 2.33. The second-order valence-electron chi connectivity index (χ2n) is 4.60. The molecule has 0 aliphatic carbocycles. The molecule has 0 N–H and O–H groups in total. The molecule has 0 unspecified atom stereocenters. The first kappa shape index (κ1) is 12.5. The van der Waals surface area contributed by atoms with Crippen molar-refractivity contribution in [2.45, 2.75) is 20.4 Å². The van der Waals surface area contributed by atoms with Crippen molar-refractivity contribution in [1.82, 2.24) is 10.1 Å². The van der Waals surface area contributed by atoms with Gasteiger partial charge in [0.2, 0.25) is 5.89 Å². The summed E-state index contributed by atoms with van der Waals surface area (Å²) in [5, 5.41) is 3.59. The van der Waals surface area contributed by atoms with Gasteiger partial charge >= 0.3 is 0 Å². The third kappa shape index (κ3) is 1.78. The predicted molar refractivity (Wildman–Crippen MR) is 65.7 cm³/mol. The predicted octanol–water partition coefficient (Wildman–Crippen LogP) is 1.56. The molecule has 1 aromatic heterocycles. The van der Waals surface area contributed by atoms with E-state index < -0.39 is 17.5 Å². The smallest absolute Gasteiger partial charge is 0.300 e. The molecular weight excluding hydrogens is 265 g/mol. The van der Waals surface area contributed by atoms with E-state index in [0.29, 0.717) is 11.4 Å². The van der Waals surface area contributed by atoms with Crippen molar-refractivity contribution in [2.75, 3.05) is 4.90 Å². The SMILES string of the molecule is Cc1cc(F)c2c(c1)C(=O)C(=O)N2Cc1nc(C)no1. The first-order chi connectivity index (χ1) is 9.47. The van der Waals surface area contributed by atoms with Crippen LogP contribution in [-0.4, -0.2) is 21.8 Å². The Morgan fingerprint density at radius 2 is 2.05 bits per heavy atom. The van der Waals surface area contributed by atoms with Crippen molar-refractivity contribution < 1.29 is 18.5 Å². The first-order valence-corrected chi connectivity index (χ1v) is 5.93. The van der Waals surface area contributed by atoms with Gasteiger partial charge in [0.25, 0.3) is 11.7 Å². The summed E-state index contributed by atoms with van der Waals surface area (Å²) in [4.78, 5) is 28.8. The number of carbonyl (C=O) groups excluding carboxylic acids is 2. The molecule has 102 valence electrons. The topological polar surface area (TPSA) is 76.3 Å². The molecule has 3 rings (SSSR count). The fraction of sp³-hybridized carbons (Fsp3) is 0.231. The van der Waals surface area contributed by atoms with Gasteiger partial charge in [0.05, 0.1) is 11.3 Å². The summed E-state index contributed by atoms with van der Waals surface area (Å²) in [5.74, 6) is -1.58. The van der Waals surface area contributed by atoms with Gasteiger partial charge in [-0.25, -0.2) is 4.39 Å². The van der Waals surface area contributed by atoms with Crippen LogP contribution in [0.2, 0.25) is 0 Å². The lowest BCUT2D eigenvalue weighted by molar-refractivity contribution is -0.114.